The van der Waals surface area contributed by atoms with Crippen LogP contribution in [0.1, 0.15) is 34.2 Å². The Kier molecular flexibility index (Phi) is 3.43. The second-order valence-corrected chi connectivity index (χ2v) is 4.64. The van der Waals surface area contributed by atoms with Crippen LogP contribution in [-0.2, 0) is 0 Å². The molecule has 5 nitrogen and oxygen atoms in total. The van der Waals surface area contributed by atoms with Crippen molar-refractivity contribution < 1.29 is 4.79 Å². The molecule has 0 aliphatic heterocycles. The van der Waals surface area contributed by atoms with Crippen molar-refractivity contribution >= 4 is 17.2 Å². The van der Waals surface area contributed by atoms with Crippen LogP contribution in [0, 0.1) is 6.92 Å². The molecule has 0 saturated carbocycles. The van der Waals surface area contributed by atoms with E-state index in [1.54, 1.807) is 11.3 Å². The summed E-state index contributed by atoms with van der Waals surface area (Å²) in [6, 6.07) is -0.130. The minimum atomic E-state index is -0.240. The molecule has 1 atom stereocenters. The zero-order valence-corrected chi connectivity index (χ0v) is 10.4. The first-order chi connectivity index (χ1) is 8.16. The number of hydrogen-bond donors (Lipinski definition) is 1. The van der Waals surface area contributed by atoms with Gasteiger partial charge in [0, 0.05) is 17.8 Å². The van der Waals surface area contributed by atoms with Crippen molar-refractivity contribution in [3.63, 3.8) is 0 Å². The van der Waals surface area contributed by atoms with E-state index in [4.69, 9.17) is 0 Å². The van der Waals surface area contributed by atoms with Crippen molar-refractivity contribution in [1.82, 2.24) is 20.3 Å². The third-order valence-corrected chi connectivity index (χ3v) is 3.02. The summed E-state index contributed by atoms with van der Waals surface area (Å²) >= 11 is 1.57. The van der Waals surface area contributed by atoms with Crippen molar-refractivity contribution in [3.05, 3.63) is 40.4 Å². The van der Waals surface area contributed by atoms with E-state index in [9.17, 15) is 4.79 Å². The molecular formula is C11H12N4OS. The molecule has 1 N–H and O–H groups in total. The van der Waals surface area contributed by atoms with Crippen LogP contribution in [0.15, 0.2) is 24.0 Å². The van der Waals surface area contributed by atoms with Gasteiger partial charge in [-0.25, -0.2) is 9.97 Å². The van der Waals surface area contributed by atoms with Gasteiger partial charge in [0.05, 0.1) is 22.9 Å². The van der Waals surface area contributed by atoms with E-state index in [1.807, 2.05) is 19.2 Å². The lowest BCUT2D eigenvalue weighted by molar-refractivity contribution is 0.0933. The van der Waals surface area contributed by atoms with Gasteiger partial charge in [0.2, 0.25) is 0 Å². The third-order valence-electron chi connectivity index (χ3n) is 2.22. The number of rotatable bonds is 3. The fourth-order valence-corrected chi connectivity index (χ4v) is 2.05. The van der Waals surface area contributed by atoms with Crippen molar-refractivity contribution in [2.45, 2.75) is 19.9 Å². The fraction of sp³-hybridized carbons (Fsp3) is 0.273. The third kappa shape index (κ3) is 2.85. The van der Waals surface area contributed by atoms with Gasteiger partial charge in [0.15, 0.2) is 0 Å². The molecule has 1 amide bonds. The lowest BCUT2D eigenvalue weighted by Crippen LogP contribution is -2.27. The van der Waals surface area contributed by atoms with E-state index >= 15 is 0 Å². The number of aryl methyl sites for hydroxylation is 1. The van der Waals surface area contributed by atoms with E-state index in [1.165, 1.54) is 18.6 Å². The number of nitrogens with one attached hydrogen (secondary N) is 1. The summed E-state index contributed by atoms with van der Waals surface area (Å²) in [6.45, 7) is 3.83. The van der Waals surface area contributed by atoms with Gasteiger partial charge in [-0.05, 0) is 13.8 Å². The van der Waals surface area contributed by atoms with Crippen molar-refractivity contribution in [3.8, 4) is 0 Å². The van der Waals surface area contributed by atoms with E-state index in [0.717, 1.165) is 10.7 Å². The number of amides is 1. The minimum absolute atomic E-state index is 0.130. The maximum Gasteiger partial charge on any atom is 0.272 e. The van der Waals surface area contributed by atoms with Crippen LogP contribution in [0.2, 0.25) is 0 Å². The Hall–Kier alpha value is -1.82. The van der Waals surface area contributed by atoms with E-state index < -0.39 is 0 Å². The summed E-state index contributed by atoms with van der Waals surface area (Å²) in [5, 5.41) is 5.76. The molecule has 0 spiro atoms. The Morgan fingerprint density at radius 3 is 2.88 bits per heavy atom. The largest absolute Gasteiger partial charge is 0.343 e. The van der Waals surface area contributed by atoms with Crippen LogP contribution in [0.5, 0.6) is 0 Å². The second kappa shape index (κ2) is 5.01. The zero-order chi connectivity index (χ0) is 12.3. The normalized spacial score (nSPS) is 12.1. The van der Waals surface area contributed by atoms with Crippen LogP contribution in [0.3, 0.4) is 0 Å². The predicted molar refractivity (Wildman–Crippen MR) is 64.8 cm³/mol. The van der Waals surface area contributed by atoms with Gasteiger partial charge in [-0.15, -0.1) is 11.3 Å². The first kappa shape index (κ1) is 11.7. The lowest BCUT2D eigenvalue weighted by Gasteiger charge is -2.10. The summed E-state index contributed by atoms with van der Waals surface area (Å²) < 4.78 is 0. The van der Waals surface area contributed by atoms with Gasteiger partial charge in [-0.3, -0.25) is 9.78 Å². The monoisotopic (exact) mass is 248 g/mol. The second-order valence-electron chi connectivity index (χ2n) is 3.58. The van der Waals surface area contributed by atoms with Gasteiger partial charge in [-0.2, -0.15) is 0 Å². The molecule has 2 rings (SSSR count). The molecule has 0 bridgehead atoms. The number of thiazole rings is 1. The van der Waals surface area contributed by atoms with Gasteiger partial charge in [0.1, 0.15) is 5.69 Å². The zero-order valence-electron chi connectivity index (χ0n) is 9.54. The molecule has 0 saturated heterocycles. The van der Waals surface area contributed by atoms with Crippen LogP contribution in [0.4, 0.5) is 0 Å². The van der Waals surface area contributed by atoms with Gasteiger partial charge in [0.25, 0.3) is 5.91 Å². The maximum absolute atomic E-state index is 11.8. The molecule has 6 heteroatoms. The smallest absolute Gasteiger partial charge is 0.272 e. The molecule has 88 valence electrons. The van der Waals surface area contributed by atoms with Crippen molar-refractivity contribution in [1.29, 1.82) is 0 Å². The Morgan fingerprint density at radius 2 is 2.29 bits per heavy atom. The highest BCUT2D eigenvalue weighted by Gasteiger charge is 2.14. The molecule has 2 heterocycles. The van der Waals surface area contributed by atoms with Crippen molar-refractivity contribution in [2.24, 2.45) is 0 Å². The van der Waals surface area contributed by atoms with Crippen LogP contribution in [0.25, 0.3) is 0 Å². The summed E-state index contributed by atoms with van der Waals surface area (Å²) in [5.41, 5.74) is 1.18. The topological polar surface area (TPSA) is 67.8 Å². The number of carbonyl (C=O) groups excluding carboxylic acids is 1. The maximum atomic E-state index is 11.8. The molecule has 1 unspecified atom stereocenters. The highest BCUT2D eigenvalue weighted by molar-refractivity contribution is 7.09. The van der Waals surface area contributed by atoms with Crippen LogP contribution in [-0.4, -0.2) is 20.9 Å². The van der Waals surface area contributed by atoms with Gasteiger partial charge < -0.3 is 5.32 Å². The minimum Gasteiger partial charge on any atom is -0.343 e. The van der Waals surface area contributed by atoms with Crippen LogP contribution < -0.4 is 5.32 Å². The highest BCUT2D eigenvalue weighted by atomic mass is 32.1. The standard InChI is InChI=1S/C11H12N4OS/c1-7(10-6-17-8(2)15-10)14-11(16)9-5-12-3-4-13-9/h3-7H,1-2H3,(H,14,16). The number of nitrogens with zero attached hydrogens (tertiary/aromatic N) is 3. The van der Waals surface area contributed by atoms with Crippen LogP contribution >= 0.6 is 11.3 Å². The van der Waals surface area contributed by atoms with Crippen molar-refractivity contribution in [2.75, 3.05) is 0 Å². The average Bonchev–Trinajstić information content (AvgIpc) is 2.77. The van der Waals surface area contributed by atoms with E-state index in [0.29, 0.717) is 5.69 Å². The molecule has 0 aromatic carbocycles. The Bertz CT molecular complexity index is 511. The SMILES string of the molecule is Cc1nc(C(C)NC(=O)c2cnccn2)cs1. The molecule has 0 radical (unpaired) electrons. The average molecular weight is 248 g/mol. The summed E-state index contributed by atoms with van der Waals surface area (Å²) in [7, 11) is 0. The molecule has 0 aliphatic carbocycles. The number of aromatic nitrogens is 3. The van der Waals surface area contributed by atoms with E-state index in [-0.39, 0.29) is 11.9 Å². The van der Waals surface area contributed by atoms with E-state index in [2.05, 4.69) is 20.3 Å². The first-order valence-electron chi connectivity index (χ1n) is 5.15. The Morgan fingerprint density at radius 1 is 1.47 bits per heavy atom. The molecular weight excluding hydrogens is 236 g/mol. The highest BCUT2D eigenvalue weighted by Crippen LogP contribution is 2.15. The number of carbonyl (C=O) groups is 1. The molecule has 0 aliphatic rings. The quantitative estimate of drug-likeness (QED) is 0.898. The Labute approximate surface area is 103 Å². The fourth-order valence-electron chi connectivity index (χ4n) is 1.34. The Balaban J connectivity index is 2.04. The molecule has 17 heavy (non-hydrogen) atoms. The summed E-state index contributed by atoms with van der Waals surface area (Å²) in [6.07, 6.45) is 4.46. The molecule has 0 fully saturated rings. The molecule has 2 aromatic rings. The lowest BCUT2D eigenvalue weighted by atomic mass is 10.2. The number of hydrogen-bond acceptors (Lipinski definition) is 5. The van der Waals surface area contributed by atoms with Gasteiger partial charge in [-0.1, -0.05) is 0 Å². The first-order valence-corrected chi connectivity index (χ1v) is 6.03. The summed E-state index contributed by atoms with van der Waals surface area (Å²) in [5.74, 6) is -0.240. The predicted octanol–water partition coefficient (Wildman–Crippen LogP) is 1.73. The van der Waals surface area contributed by atoms with Gasteiger partial charge >= 0.3 is 0 Å². The molecule has 2 aromatic heterocycles. The summed E-state index contributed by atoms with van der Waals surface area (Å²) in [4.78, 5) is 23.9.